The van der Waals surface area contributed by atoms with E-state index in [1.807, 2.05) is 0 Å². The van der Waals surface area contributed by atoms with Gasteiger partial charge in [0.2, 0.25) is 0 Å². The summed E-state index contributed by atoms with van der Waals surface area (Å²) in [5, 5.41) is 0. The molecule has 0 bridgehead atoms. The molecule has 0 fully saturated rings. The van der Waals surface area contributed by atoms with Crippen molar-refractivity contribution < 1.29 is 23.2 Å². The van der Waals surface area contributed by atoms with Gasteiger partial charge in [-0.25, -0.2) is 8.78 Å². The van der Waals surface area contributed by atoms with E-state index in [0.29, 0.717) is 17.3 Å². The summed E-state index contributed by atoms with van der Waals surface area (Å²) in [5.41, 5.74) is -0.673. The van der Waals surface area contributed by atoms with Gasteiger partial charge in [-0.05, 0) is 6.07 Å². The Balaban J connectivity index is 2.65. The Hall–Kier alpha value is -2.11. The van der Waals surface area contributed by atoms with Gasteiger partial charge < -0.3 is 4.79 Å². The number of nitrogens with zero attached hydrogens (tertiary/aromatic N) is 1. The molecule has 0 N–H and O–H groups in total. The number of rotatable bonds is 2. The molecule has 0 atom stereocenters. The molecule has 0 spiro atoms. The van der Waals surface area contributed by atoms with Gasteiger partial charge in [-0.1, -0.05) is 0 Å². The SMILES string of the molecule is O=CCN1C(=O)C(=O)c2cc(F)cc(F)c21. The first-order valence-corrected chi connectivity index (χ1v) is 4.35. The van der Waals surface area contributed by atoms with Gasteiger partial charge in [-0.2, -0.15) is 0 Å². The lowest BCUT2D eigenvalue weighted by molar-refractivity contribution is -0.115. The van der Waals surface area contributed by atoms with E-state index in [2.05, 4.69) is 0 Å². The van der Waals surface area contributed by atoms with Crippen LogP contribution in [0.1, 0.15) is 10.4 Å². The molecule has 0 radical (unpaired) electrons. The summed E-state index contributed by atoms with van der Waals surface area (Å²) in [6, 6.07) is 1.34. The summed E-state index contributed by atoms with van der Waals surface area (Å²) >= 11 is 0. The number of aldehydes is 1. The van der Waals surface area contributed by atoms with Gasteiger partial charge in [-0.3, -0.25) is 14.5 Å². The van der Waals surface area contributed by atoms with Gasteiger partial charge in [0.15, 0.2) is 5.82 Å². The molecule has 1 heterocycles. The van der Waals surface area contributed by atoms with Gasteiger partial charge in [0.1, 0.15) is 12.1 Å². The molecule has 1 amide bonds. The highest BCUT2D eigenvalue weighted by Gasteiger charge is 2.38. The summed E-state index contributed by atoms with van der Waals surface area (Å²) in [6.45, 7) is -0.430. The van der Waals surface area contributed by atoms with Crippen LogP contribution in [-0.2, 0) is 9.59 Å². The highest BCUT2D eigenvalue weighted by molar-refractivity contribution is 6.52. The number of halogens is 2. The average molecular weight is 225 g/mol. The van der Waals surface area contributed by atoms with Crippen LogP contribution in [0.2, 0.25) is 0 Å². The second kappa shape index (κ2) is 3.48. The third kappa shape index (κ3) is 1.30. The summed E-state index contributed by atoms with van der Waals surface area (Å²) in [5.74, 6) is -4.00. The van der Waals surface area contributed by atoms with Crippen molar-refractivity contribution in [2.24, 2.45) is 0 Å². The molecular weight excluding hydrogens is 220 g/mol. The number of carbonyl (C=O) groups is 3. The van der Waals surface area contributed by atoms with Crippen LogP contribution in [0.15, 0.2) is 12.1 Å². The Morgan fingerprint density at radius 3 is 2.56 bits per heavy atom. The number of benzene rings is 1. The van der Waals surface area contributed by atoms with Crippen molar-refractivity contribution in [3.8, 4) is 0 Å². The maximum Gasteiger partial charge on any atom is 0.299 e. The molecule has 2 rings (SSSR count). The van der Waals surface area contributed by atoms with E-state index in [9.17, 15) is 23.2 Å². The molecule has 0 saturated carbocycles. The number of amides is 1. The molecule has 6 heteroatoms. The summed E-state index contributed by atoms with van der Waals surface area (Å²) in [6.07, 6.45) is 0.364. The molecule has 16 heavy (non-hydrogen) atoms. The summed E-state index contributed by atoms with van der Waals surface area (Å²) in [7, 11) is 0. The molecular formula is C10H5F2NO3. The maximum atomic E-state index is 13.4. The number of hydrogen-bond acceptors (Lipinski definition) is 3. The first kappa shape index (κ1) is 10.4. The quantitative estimate of drug-likeness (QED) is 0.549. The molecule has 4 nitrogen and oxygen atoms in total. The van der Waals surface area contributed by atoms with E-state index < -0.39 is 29.9 Å². The second-order valence-electron chi connectivity index (χ2n) is 3.20. The van der Waals surface area contributed by atoms with Gasteiger partial charge >= 0.3 is 0 Å². The lowest BCUT2D eigenvalue weighted by Gasteiger charge is -2.12. The largest absolute Gasteiger partial charge is 0.301 e. The molecule has 1 aliphatic rings. The number of ketones is 1. The van der Waals surface area contributed by atoms with E-state index in [1.54, 1.807) is 0 Å². The Labute approximate surface area is 88.5 Å². The minimum absolute atomic E-state index is 0.330. The molecule has 1 aromatic rings. The van der Waals surface area contributed by atoms with Crippen molar-refractivity contribution in [1.29, 1.82) is 0 Å². The lowest BCUT2D eigenvalue weighted by Crippen LogP contribution is -2.31. The molecule has 0 saturated heterocycles. The Morgan fingerprint density at radius 1 is 1.25 bits per heavy atom. The maximum absolute atomic E-state index is 13.4. The van der Waals surface area contributed by atoms with Crippen LogP contribution in [-0.4, -0.2) is 24.5 Å². The monoisotopic (exact) mass is 225 g/mol. The van der Waals surface area contributed by atoms with Crippen LogP contribution in [0.3, 0.4) is 0 Å². The molecule has 1 aromatic carbocycles. The smallest absolute Gasteiger partial charge is 0.299 e. The van der Waals surface area contributed by atoms with Crippen LogP contribution in [0.4, 0.5) is 14.5 Å². The third-order valence-corrected chi connectivity index (χ3v) is 2.24. The van der Waals surface area contributed by atoms with Gasteiger partial charge in [-0.15, -0.1) is 0 Å². The number of anilines is 1. The van der Waals surface area contributed by atoms with Crippen molar-refractivity contribution in [3.63, 3.8) is 0 Å². The van der Waals surface area contributed by atoms with E-state index in [1.165, 1.54) is 0 Å². The van der Waals surface area contributed by atoms with Crippen LogP contribution >= 0.6 is 0 Å². The first-order chi connectivity index (χ1) is 7.56. The summed E-state index contributed by atoms with van der Waals surface area (Å²) < 4.78 is 26.2. The van der Waals surface area contributed by atoms with Gasteiger partial charge in [0.05, 0.1) is 17.8 Å². The zero-order valence-electron chi connectivity index (χ0n) is 7.87. The molecule has 0 aromatic heterocycles. The molecule has 1 aliphatic heterocycles. The van der Waals surface area contributed by atoms with E-state index in [0.717, 1.165) is 6.07 Å². The molecule has 0 unspecified atom stereocenters. The molecule has 82 valence electrons. The predicted octanol–water partition coefficient (Wildman–Crippen LogP) is 0.693. The number of hydrogen-bond donors (Lipinski definition) is 0. The topological polar surface area (TPSA) is 54.5 Å². The standard InChI is InChI=1S/C10H5F2NO3/c11-5-3-6-8(7(12)4-5)13(1-2-14)10(16)9(6)15/h2-4H,1H2. The number of Topliss-reactive ketones (excluding diaryl/α,β-unsaturated/α-hetero) is 1. The Bertz CT molecular complexity index is 513. The summed E-state index contributed by atoms with van der Waals surface area (Å²) in [4.78, 5) is 33.7. The fraction of sp³-hybridized carbons (Fsp3) is 0.100. The highest BCUT2D eigenvalue weighted by Crippen LogP contribution is 2.31. The second-order valence-corrected chi connectivity index (χ2v) is 3.20. The number of fused-ring (bicyclic) bond motifs is 1. The van der Waals surface area contributed by atoms with Gasteiger partial charge in [0, 0.05) is 6.07 Å². The van der Waals surface area contributed by atoms with Crippen molar-refractivity contribution in [2.75, 3.05) is 11.4 Å². The van der Waals surface area contributed by atoms with Crippen LogP contribution in [0.25, 0.3) is 0 Å². The van der Waals surface area contributed by atoms with Crippen molar-refractivity contribution >= 4 is 23.7 Å². The zero-order valence-corrected chi connectivity index (χ0v) is 7.87. The minimum Gasteiger partial charge on any atom is -0.301 e. The van der Waals surface area contributed by atoms with E-state index in [-0.39, 0.29) is 11.3 Å². The van der Waals surface area contributed by atoms with Crippen LogP contribution in [0, 0.1) is 11.6 Å². The first-order valence-electron chi connectivity index (χ1n) is 4.35. The minimum atomic E-state index is -1.03. The predicted molar refractivity (Wildman–Crippen MR) is 49.1 cm³/mol. The fourth-order valence-corrected chi connectivity index (χ4v) is 1.60. The van der Waals surface area contributed by atoms with Crippen molar-refractivity contribution in [1.82, 2.24) is 0 Å². The molecule has 0 aliphatic carbocycles. The number of carbonyl (C=O) groups excluding carboxylic acids is 3. The van der Waals surface area contributed by atoms with Crippen molar-refractivity contribution in [2.45, 2.75) is 0 Å². The Kier molecular flexibility index (Phi) is 2.26. The van der Waals surface area contributed by atoms with Crippen molar-refractivity contribution in [3.05, 3.63) is 29.3 Å². The fourth-order valence-electron chi connectivity index (χ4n) is 1.60. The van der Waals surface area contributed by atoms with Gasteiger partial charge in [0.25, 0.3) is 11.7 Å². The van der Waals surface area contributed by atoms with Crippen LogP contribution in [0.5, 0.6) is 0 Å². The Morgan fingerprint density at radius 2 is 1.94 bits per heavy atom. The van der Waals surface area contributed by atoms with E-state index >= 15 is 0 Å². The third-order valence-electron chi connectivity index (χ3n) is 2.24. The van der Waals surface area contributed by atoms with Crippen LogP contribution < -0.4 is 4.90 Å². The lowest BCUT2D eigenvalue weighted by atomic mass is 10.1. The normalized spacial score (nSPS) is 14.2. The highest BCUT2D eigenvalue weighted by atomic mass is 19.1. The average Bonchev–Trinajstić information content (AvgIpc) is 2.44. The zero-order chi connectivity index (χ0) is 11.9. The van der Waals surface area contributed by atoms with E-state index in [4.69, 9.17) is 0 Å².